The van der Waals surface area contributed by atoms with Crippen LogP contribution in [0.5, 0.6) is 11.5 Å². The maximum atomic E-state index is 14.6. The number of rotatable bonds is 7. The zero-order valence-corrected chi connectivity index (χ0v) is 18.5. The molecule has 0 fully saturated rings. The van der Waals surface area contributed by atoms with Gasteiger partial charge >= 0.3 is 0 Å². The fourth-order valence-corrected chi connectivity index (χ4v) is 3.73. The zero-order valence-electron chi connectivity index (χ0n) is 18.5. The highest BCUT2D eigenvalue weighted by Crippen LogP contribution is 2.38. The molecular formula is C26H23FN2O4. The minimum atomic E-state index is -0.667. The van der Waals surface area contributed by atoms with Crippen molar-refractivity contribution in [3.8, 4) is 11.5 Å². The molecule has 1 heterocycles. The number of halogens is 1. The molecule has 33 heavy (non-hydrogen) atoms. The highest BCUT2D eigenvalue weighted by molar-refractivity contribution is 6.46. The molecule has 4 rings (SSSR count). The predicted octanol–water partition coefficient (Wildman–Crippen LogP) is 4.80. The molecule has 0 radical (unpaired) electrons. The van der Waals surface area contributed by atoms with Crippen LogP contribution >= 0.6 is 0 Å². The Morgan fingerprint density at radius 1 is 0.879 bits per heavy atom. The van der Waals surface area contributed by atoms with Crippen LogP contribution in [0.2, 0.25) is 0 Å². The van der Waals surface area contributed by atoms with Crippen molar-refractivity contribution in [3.05, 3.63) is 89.4 Å². The molecule has 2 amide bonds. The van der Waals surface area contributed by atoms with Crippen molar-refractivity contribution in [2.45, 2.75) is 13.3 Å². The molecule has 0 unspecified atom stereocenters. The third-order valence-corrected chi connectivity index (χ3v) is 5.48. The number of methoxy groups -OCH3 is 2. The first-order valence-corrected chi connectivity index (χ1v) is 10.4. The monoisotopic (exact) mass is 446 g/mol. The predicted molar refractivity (Wildman–Crippen MR) is 125 cm³/mol. The minimum Gasteiger partial charge on any atom is -0.493 e. The van der Waals surface area contributed by atoms with Gasteiger partial charge in [-0.25, -0.2) is 9.29 Å². The molecule has 0 bridgehead atoms. The lowest BCUT2D eigenvalue weighted by atomic mass is 10.0. The molecule has 3 aromatic rings. The Morgan fingerprint density at radius 3 is 2.21 bits per heavy atom. The molecule has 0 saturated heterocycles. The zero-order chi connectivity index (χ0) is 23.5. The Balaban J connectivity index is 1.84. The number of carbonyl (C=O) groups excluding carboxylic acids is 2. The molecule has 1 N–H and O–H groups in total. The number of anilines is 2. The molecule has 168 valence electrons. The maximum Gasteiger partial charge on any atom is 0.282 e. The second-order valence-corrected chi connectivity index (χ2v) is 7.39. The number of carbonyl (C=O) groups is 2. The lowest BCUT2D eigenvalue weighted by molar-refractivity contribution is -0.120. The van der Waals surface area contributed by atoms with E-state index in [0.29, 0.717) is 22.7 Å². The van der Waals surface area contributed by atoms with Crippen molar-refractivity contribution >= 4 is 28.8 Å². The third-order valence-electron chi connectivity index (χ3n) is 5.48. The van der Waals surface area contributed by atoms with Gasteiger partial charge in [0.2, 0.25) is 0 Å². The van der Waals surface area contributed by atoms with Gasteiger partial charge in [0.25, 0.3) is 11.8 Å². The van der Waals surface area contributed by atoms with E-state index in [-0.39, 0.29) is 17.0 Å². The van der Waals surface area contributed by atoms with E-state index in [1.807, 2.05) is 31.2 Å². The minimum absolute atomic E-state index is 0.0553. The van der Waals surface area contributed by atoms with E-state index >= 15 is 0 Å². The Kier molecular flexibility index (Phi) is 6.13. The molecule has 0 saturated carbocycles. The van der Waals surface area contributed by atoms with E-state index in [1.165, 1.54) is 32.4 Å². The van der Waals surface area contributed by atoms with Crippen LogP contribution in [-0.2, 0) is 16.0 Å². The SMILES string of the molecule is CCc1ccc(NC2=C(c3ccc(OC)c(OC)c3)C(=O)N(c3ccccc3F)C2=O)cc1. The van der Waals surface area contributed by atoms with E-state index in [4.69, 9.17) is 9.47 Å². The largest absolute Gasteiger partial charge is 0.493 e. The molecule has 0 aromatic heterocycles. The van der Waals surface area contributed by atoms with E-state index in [9.17, 15) is 14.0 Å². The average molecular weight is 446 g/mol. The van der Waals surface area contributed by atoms with Crippen molar-refractivity contribution in [3.63, 3.8) is 0 Å². The molecule has 0 spiro atoms. The van der Waals surface area contributed by atoms with Gasteiger partial charge in [-0.15, -0.1) is 0 Å². The fraction of sp³-hybridized carbons (Fsp3) is 0.154. The summed E-state index contributed by atoms with van der Waals surface area (Å²) in [5.41, 5.74) is 2.28. The quantitative estimate of drug-likeness (QED) is 0.528. The van der Waals surface area contributed by atoms with Gasteiger partial charge in [-0.05, 0) is 53.9 Å². The van der Waals surface area contributed by atoms with Gasteiger partial charge in [0.1, 0.15) is 11.5 Å². The summed E-state index contributed by atoms with van der Waals surface area (Å²) in [6.45, 7) is 2.05. The van der Waals surface area contributed by atoms with Crippen LogP contribution in [0.25, 0.3) is 5.57 Å². The summed E-state index contributed by atoms with van der Waals surface area (Å²) in [4.78, 5) is 27.8. The molecular weight excluding hydrogens is 423 g/mol. The molecule has 7 heteroatoms. The number of nitrogens with one attached hydrogen (secondary N) is 1. The second-order valence-electron chi connectivity index (χ2n) is 7.39. The van der Waals surface area contributed by atoms with Gasteiger partial charge in [0.05, 0.1) is 25.5 Å². The van der Waals surface area contributed by atoms with Crippen molar-refractivity contribution in [1.29, 1.82) is 0 Å². The van der Waals surface area contributed by atoms with Crippen molar-refractivity contribution in [2.75, 3.05) is 24.4 Å². The Bertz CT molecular complexity index is 1250. The van der Waals surface area contributed by atoms with Crippen molar-refractivity contribution in [1.82, 2.24) is 0 Å². The molecule has 6 nitrogen and oxygen atoms in total. The Morgan fingerprint density at radius 2 is 1.58 bits per heavy atom. The van der Waals surface area contributed by atoms with Gasteiger partial charge in [-0.2, -0.15) is 0 Å². The average Bonchev–Trinajstić information content (AvgIpc) is 3.08. The van der Waals surface area contributed by atoms with Crippen molar-refractivity contribution in [2.24, 2.45) is 0 Å². The standard InChI is InChI=1S/C26H23FN2O4/c1-4-16-9-12-18(13-10-16)28-24-23(17-11-14-21(32-2)22(15-17)33-3)25(30)29(26(24)31)20-8-6-5-7-19(20)27/h5-15,28H,4H2,1-3H3. The molecule has 1 aliphatic heterocycles. The summed E-state index contributed by atoms with van der Waals surface area (Å²) in [5.74, 6) is -1.06. The van der Waals surface area contributed by atoms with Crippen LogP contribution in [0.1, 0.15) is 18.1 Å². The van der Waals surface area contributed by atoms with Gasteiger partial charge in [0.15, 0.2) is 11.5 Å². The van der Waals surface area contributed by atoms with Crippen LogP contribution in [0.4, 0.5) is 15.8 Å². The summed E-state index contributed by atoms with van der Waals surface area (Å²) in [7, 11) is 2.99. The summed E-state index contributed by atoms with van der Waals surface area (Å²) in [6, 6.07) is 18.2. The number of hydrogen-bond acceptors (Lipinski definition) is 5. The molecule has 0 atom stereocenters. The summed E-state index contributed by atoms with van der Waals surface area (Å²) in [5, 5.41) is 3.08. The van der Waals surface area contributed by atoms with Gasteiger partial charge in [0, 0.05) is 5.69 Å². The number of ether oxygens (including phenoxy) is 2. The first-order valence-electron chi connectivity index (χ1n) is 10.4. The van der Waals surface area contributed by atoms with Crippen LogP contribution in [-0.4, -0.2) is 26.0 Å². The third kappa shape index (κ3) is 4.05. The van der Waals surface area contributed by atoms with Crippen LogP contribution in [0.3, 0.4) is 0 Å². The first kappa shape index (κ1) is 22.1. The molecule has 0 aliphatic carbocycles. The molecule has 3 aromatic carbocycles. The summed E-state index contributed by atoms with van der Waals surface area (Å²) >= 11 is 0. The number of benzene rings is 3. The highest BCUT2D eigenvalue weighted by Gasteiger charge is 2.41. The number of imide groups is 1. The van der Waals surface area contributed by atoms with Gasteiger partial charge < -0.3 is 14.8 Å². The normalized spacial score (nSPS) is 13.5. The van der Waals surface area contributed by atoms with Crippen LogP contribution in [0.15, 0.2) is 72.4 Å². The highest BCUT2D eigenvalue weighted by atomic mass is 19.1. The smallest absolute Gasteiger partial charge is 0.282 e. The Labute approximate surface area is 191 Å². The van der Waals surface area contributed by atoms with Crippen LogP contribution in [0, 0.1) is 5.82 Å². The number of para-hydroxylation sites is 1. The van der Waals surface area contributed by atoms with Gasteiger partial charge in [-0.1, -0.05) is 37.3 Å². The number of nitrogens with zero attached hydrogens (tertiary/aromatic N) is 1. The lowest BCUT2D eigenvalue weighted by Crippen LogP contribution is -2.33. The molecule has 1 aliphatic rings. The summed E-state index contributed by atoms with van der Waals surface area (Å²) in [6.07, 6.45) is 0.873. The summed E-state index contributed by atoms with van der Waals surface area (Å²) < 4.78 is 25.2. The van der Waals surface area contributed by atoms with E-state index < -0.39 is 17.6 Å². The number of aryl methyl sites for hydroxylation is 1. The Hall–Kier alpha value is -4.13. The van der Waals surface area contributed by atoms with E-state index in [0.717, 1.165) is 16.9 Å². The van der Waals surface area contributed by atoms with E-state index in [2.05, 4.69) is 5.32 Å². The topological polar surface area (TPSA) is 67.9 Å². The number of hydrogen-bond donors (Lipinski definition) is 1. The van der Waals surface area contributed by atoms with Crippen molar-refractivity contribution < 1.29 is 23.5 Å². The second kappa shape index (κ2) is 9.16. The van der Waals surface area contributed by atoms with Gasteiger partial charge in [-0.3, -0.25) is 9.59 Å². The number of amides is 2. The fourth-order valence-electron chi connectivity index (χ4n) is 3.73. The maximum absolute atomic E-state index is 14.6. The van der Waals surface area contributed by atoms with Crippen LogP contribution < -0.4 is 19.7 Å². The lowest BCUT2D eigenvalue weighted by Gasteiger charge is -2.16. The van der Waals surface area contributed by atoms with E-state index in [1.54, 1.807) is 24.3 Å². The first-order chi connectivity index (χ1) is 16.0.